The summed E-state index contributed by atoms with van der Waals surface area (Å²) in [5.41, 5.74) is 2.68. The number of fused-ring (bicyclic) bond motifs is 4. The van der Waals surface area contributed by atoms with Crippen LogP contribution in [0.5, 0.6) is 23.0 Å². The SMILES string of the molecule is COc1cc2cc3c(cc2cc1OCCCCCCN1CCN(Cc2ccc4c(c2)OCO4)CC1)C(=O)N1CCC[C@H]1C=N3. The number of carbonyl (C=O) groups is 1. The van der Waals surface area contributed by atoms with Gasteiger partial charge in [0.05, 0.1) is 31.0 Å². The van der Waals surface area contributed by atoms with Crippen LogP contribution in [0, 0.1) is 0 Å². The van der Waals surface area contributed by atoms with Crippen molar-refractivity contribution in [2.75, 3.05) is 59.8 Å². The van der Waals surface area contributed by atoms with Crippen molar-refractivity contribution in [3.63, 3.8) is 0 Å². The second-order valence-electron chi connectivity index (χ2n) is 12.3. The van der Waals surface area contributed by atoms with Crippen molar-refractivity contribution in [1.29, 1.82) is 0 Å². The van der Waals surface area contributed by atoms with Crippen molar-refractivity contribution in [2.45, 2.75) is 51.1 Å². The maximum Gasteiger partial charge on any atom is 0.256 e. The molecule has 9 heteroatoms. The Morgan fingerprint density at radius 1 is 0.864 bits per heavy atom. The van der Waals surface area contributed by atoms with Crippen LogP contribution in [-0.4, -0.2) is 92.6 Å². The van der Waals surface area contributed by atoms with E-state index in [1.54, 1.807) is 7.11 Å². The van der Waals surface area contributed by atoms with Gasteiger partial charge in [0.15, 0.2) is 23.0 Å². The monoisotopic (exact) mass is 598 g/mol. The van der Waals surface area contributed by atoms with Gasteiger partial charge < -0.3 is 28.7 Å². The zero-order chi connectivity index (χ0) is 29.9. The summed E-state index contributed by atoms with van der Waals surface area (Å²) >= 11 is 0. The number of ether oxygens (including phenoxy) is 4. The summed E-state index contributed by atoms with van der Waals surface area (Å²) in [4.78, 5) is 25.0. The molecule has 3 aromatic carbocycles. The lowest BCUT2D eigenvalue weighted by Crippen LogP contribution is -2.46. The topological polar surface area (TPSA) is 76.1 Å². The van der Waals surface area contributed by atoms with Gasteiger partial charge >= 0.3 is 0 Å². The lowest BCUT2D eigenvalue weighted by molar-refractivity contribution is 0.0775. The van der Waals surface area contributed by atoms with Crippen LogP contribution in [0.4, 0.5) is 5.69 Å². The fraction of sp³-hybridized carbons (Fsp3) is 0.486. The molecule has 0 bridgehead atoms. The Kier molecular flexibility index (Phi) is 8.57. The third-order valence-corrected chi connectivity index (χ3v) is 9.35. The highest BCUT2D eigenvalue weighted by Crippen LogP contribution is 2.38. The second kappa shape index (κ2) is 13.0. The molecule has 2 fully saturated rings. The molecule has 7 rings (SSSR count). The molecular weight excluding hydrogens is 556 g/mol. The van der Waals surface area contributed by atoms with Gasteiger partial charge in [-0.25, -0.2) is 0 Å². The molecule has 0 unspecified atom stereocenters. The smallest absolute Gasteiger partial charge is 0.256 e. The van der Waals surface area contributed by atoms with Gasteiger partial charge in [0, 0.05) is 45.5 Å². The standard InChI is InChI=1S/C35H42N4O5/c1-41-32-20-27-19-30-29(35(40)39-11-6-7-28(39)22-36-30)18-26(27)21-34(32)42-16-5-3-2-4-10-37-12-14-38(15-13-37)23-25-8-9-31-33(17-25)44-24-43-31/h8-9,17-22,28H,2-7,10-16,23-24H2,1H3/t28-/m0/s1. The fourth-order valence-electron chi connectivity index (χ4n) is 6.81. The molecule has 2 saturated heterocycles. The summed E-state index contributed by atoms with van der Waals surface area (Å²) in [6, 6.07) is 14.3. The van der Waals surface area contributed by atoms with Crippen molar-refractivity contribution in [2.24, 2.45) is 4.99 Å². The minimum atomic E-state index is 0.0725. The number of aliphatic imine (C=N–C) groups is 1. The molecule has 3 aromatic rings. The molecule has 1 atom stereocenters. The van der Waals surface area contributed by atoms with E-state index in [0.717, 1.165) is 105 Å². The van der Waals surface area contributed by atoms with Crippen LogP contribution < -0.4 is 18.9 Å². The lowest BCUT2D eigenvalue weighted by Gasteiger charge is -2.34. The van der Waals surface area contributed by atoms with Crippen molar-refractivity contribution in [3.05, 3.63) is 53.6 Å². The zero-order valence-corrected chi connectivity index (χ0v) is 25.6. The Morgan fingerprint density at radius 2 is 1.66 bits per heavy atom. The number of unbranched alkanes of at least 4 members (excludes halogenated alkanes) is 3. The van der Waals surface area contributed by atoms with Gasteiger partial charge in [0.25, 0.3) is 5.91 Å². The molecule has 44 heavy (non-hydrogen) atoms. The van der Waals surface area contributed by atoms with E-state index in [4.69, 9.17) is 18.9 Å². The number of amides is 1. The molecule has 1 amide bonds. The van der Waals surface area contributed by atoms with Gasteiger partial charge in [-0.2, -0.15) is 0 Å². The molecule has 0 aromatic heterocycles. The number of nitrogens with zero attached hydrogens (tertiary/aromatic N) is 4. The predicted octanol–water partition coefficient (Wildman–Crippen LogP) is 5.65. The molecule has 4 aliphatic heterocycles. The number of rotatable bonds is 11. The number of methoxy groups -OCH3 is 1. The highest BCUT2D eigenvalue weighted by atomic mass is 16.7. The van der Waals surface area contributed by atoms with E-state index >= 15 is 0 Å². The highest BCUT2D eigenvalue weighted by Gasteiger charge is 2.32. The lowest BCUT2D eigenvalue weighted by atomic mass is 10.0. The number of benzene rings is 3. The van der Waals surface area contributed by atoms with E-state index in [1.165, 1.54) is 18.4 Å². The zero-order valence-electron chi connectivity index (χ0n) is 25.6. The Labute approximate surface area is 259 Å². The van der Waals surface area contributed by atoms with E-state index in [0.29, 0.717) is 24.7 Å². The van der Waals surface area contributed by atoms with Gasteiger partial charge in [-0.15, -0.1) is 0 Å². The molecule has 0 spiro atoms. The van der Waals surface area contributed by atoms with Crippen molar-refractivity contribution < 1.29 is 23.7 Å². The average molecular weight is 599 g/mol. The van der Waals surface area contributed by atoms with Crippen LogP contribution in [-0.2, 0) is 6.54 Å². The number of carbonyl (C=O) groups excluding carboxylic acids is 1. The fourth-order valence-corrected chi connectivity index (χ4v) is 6.81. The minimum absolute atomic E-state index is 0.0725. The molecule has 0 radical (unpaired) electrons. The first-order valence-corrected chi connectivity index (χ1v) is 16.1. The van der Waals surface area contributed by atoms with Crippen molar-refractivity contribution in [1.82, 2.24) is 14.7 Å². The summed E-state index contributed by atoms with van der Waals surface area (Å²) in [5.74, 6) is 3.22. The van der Waals surface area contributed by atoms with E-state index < -0.39 is 0 Å². The first kappa shape index (κ1) is 28.9. The third kappa shape index (κ3) is 6.21. The number of hydrogen-bond donors (Lipinski definition) is 0. The first-order valence-electron chi connectivity index (χ1n) is 16.1. The van der Waals surface area contributed by atoms with E-state index in [2.05, 4.69) is 26.9 Å². The van der Waals surface area contributed by atoms with Crippen LogP contribution in [0.3, 0.4) is 0 Å². The van der Waals surface area contributed by atoms with E-state index in [9.17, 15) is 4.79 Å². The minimum Gasteiger partial charge on any atom is -0.493 e. The van der Waals surface area contributed by atoms with Crippen molar-refractivity contribution in [3.8, 4) is 23.0 Å². The summed E-state index contributed by atoms with van der Waals surface area (Å²) < 4.78 is 22.8. The van der Waals surface area contributed by atoms with E-state index in [1.807, 2.05) is 41.4 Å². The maximum atomic E-state index is 13.3. The second-order valence-corrected chi connectivity index (χ2v) is 12.3. The number of piperazine rings is 1. The first-order chi connectivity index (χ1) is 21.6. The summed E-state index contributed by atoms with van der Waals surface area (Å²) in [5, 5.41) is 1.96. The summed E-state index contributed by atoms with van der Waals surface area (Å²) in [6.45, 7) is 8.31. The molecule has 4 aliphatic rings. The van der Waals surface area contributed by atoms with E-state index in [-0.39, 0.29) is 11.9 Å². The van der Waals surface area contributed by atoms with Crippen LogP contribution >= 0.6 is 0 Å². The number of hydrogen-bond acceptors (Lipinski definition) is 8. The maximum absolute atomic E-state index is 13.3. The van der Waals surface area contributed by atoms with Crippen LogP contribution in [0.1, 0.15) is 54.4 Å². The molecule has 0 N–H and O–H groups in total. The Bertz CT molecular complexity index is 1530. The van der Waals surface area contributed by atoms with Gasteiger partial charge in [0.1, 0.15) is 0 Å². The quantitative estimate of drug-likeness (QED) is 0.264. The molecule has 0 aliphatic carbocycles. The van der Waals surface area contributed by atoms with Crippen LogP contribution in [0.25, 0.3) is 10.8 Å². The summed E-state index contributed by atoms with van der Waals surface area (Å²) in [7, 11) is 1.67. The molecule has 4 heterocycles. The largest absolute Gasteiger partial charge is 0.493 e. The Hall–Kier alpha value is -3.82. The van der Waals surface area contributed by atoms with Gasteiger partial charge in [-0.1, -0.05) is 18.9 Å². The molecule has 0 saturated carbocycles. The molecular formula is C35H42N4O5. The average Bonchev–Trinajstić information content (AvgIpc) is 3.70. The molecule has 232 valence electrons. The summed E-state index contributed by atoms with van der Waals surface area (Å²) in [6.07, 6.45) is 8.48. The van der Waals surface area contributed by atoms with Crippen molar-refractivity contribution >= 4 is 28.6 Å². The highest BCUT2D eigenvalue weighted by molar-refractivity contribution is 6.07. The van der Waals surface area contributed by atoms with Gasteiger partial charge in [0.2, 0.25) is 6.79 Å². The van der Waals surface area contributed by atoms with Crippen LogP contribution in [0.15, 0.2) is 47.5 Å². The van der Waals surface area contributed by atoms with Gasteiger partial charge in [-0.05, 0) is 85.0 Å². The predicted molar refractivity (Wildman–Crippen MR) is 171 cm³/mol. The third-order valence-electron chi connectivity index (χ3n) is 9.35. The Morgan fingerprint density at radius 3 is 2.55 bits per heavy atom. The normalized spacial score (nSPS) is 19.7. The van der Waals surface area contributed by atoms with Gasteiger partial charge in [-0.3, -0.25) is 14.7 Å². The van der Waals surface area contributed by atoms with Crippen LogP contribution in [0.2, 0.25) is 0 Å². The Balaban J connectivity index is 0.843. The molecule has 9 nitrogen and oxygen atoms in total.